The molecule has 0 aromatic heterocycles. The van der Waals surface area contributed by atoms with E-state index in [1.807, 2.05) is 32.0 Å². The van der Waals surface area contributed by atoms with E-state index in [0.29, 0.717) is 17.9 Å². The molecule has 0 spiro atoms. The molecule has 0 aliphatic heterocycles. The summed E-state index contributed by atoms with van der Waals surface area (Å²) in [6.07, 6.45) is 1.70. The third-order valence-corrected chi connectivity index (χ3v) is 5.31. The van der Waals surface area contributed by atoms with Crippen LogP contribution in [-0.4, -0.2) is 18.8 Å². The molecule has 0 saturated heterocycles. The third kappa shape index (κ3) is 6.06. The van der Waals surface area contributed by atoms with Gasteiger partial charge < -0.3 is 14.3 Å². The van der Waals surface area contributed by atoms with Crippen LogP contribution in [0.4, 0.5) is 4.39 Å². The number of ether oxygens (including phenoxy) is 2. The van der Waals surface area contributed by atoms with E-state index in [1.165, 1.54) is 6.07 Å². The van der Waals surface area contributed by atoms with Crippen LogP contribution in [0.2, 0.25) is 0 Å². The van der Waals surface area contributed by atoms with Gasteiger partial charge in [-0.3, -0.25) is 4.79 Å². The fraction of sp³-hybridized carbons (Fsp3) is 0.440. The fourth-order valence-electron chi connectivity index (χ4n) is 3.32. The highest BCUT2D eigenvalue weighted by atomic mass is 19.1. The van der Waals surface area contributed by atoms with E-state index in [0.717, 1.165) is 0 Å². The SMILES string of the molecule is CC(C)(C)CON=C[C@H]1[C@@H](C(=O)OCc2ccc(F)c(Oc3ccccc3)c2)C1(C)C. The van der Waals surface area contributed by atoms with Crippen LogP contribution in [0.3, 0.4) is 0 Å². The van der Waals surface area contributed by atoms with Crippen LogP contribution in [0, 0.1) is 28.5 Å². The monoisotopic (exact) mass is 427 g/mol. The van der Waals surface area contributed by atoms with Crippen molar-refractivity contribution in [1.29, 1.82) is 0 Å². The van der Waals surface area contributed by atoms with Crippen LogP contribution in [0.25, 0.3) is 0 Å². The third-order valence-electron chi connectivity index (χ3n) is 5.31. The Morgan fingerprint density at radius 1 is 1.16 bits per heavy atom. The van der Waals surface area contributed by atoms with Crippen molar-refractivity contribution in [3.05, 3.63) is 59.9 Å². The Morgan fingerprint density at radius 2 is 1.87 bits per heavy atom. The Bertz CT molecular complexity index is 934. The number of esters is 1. The minimum Gasteiger partial charge on any atom is -0.461 e. The summed E-state index contributed by atoms with van der Waals surface area (Å²) in [5.41, 5.74) is 0.432. The number of nitrogens with zero attached hydrogens (tertiary/aromatic N) is 1. The maximum absolute atomic E-state index is 14.1. The lowest BCUT2D eigenvalue weighted by atomic mass is 9.99. The zero-order chi connectivity index (χ0) is 22.6. The highest BCUT2D eigenvalue weighted by Gasteiger charge is 2.62. The maximum atomic E-state index is 14.1. The lowest BCUT2D eigenvalue weighted by molar-refractivity contribution is -0.147. The second kappa shape index (κ2) is 9.08. The summed E-state index contributed by atoms with van der Waals surface area (Å²) in [4.78, 5) is 18.0. The summed E-state index contributed by atoms with van der Waals surface area (Å²) in [7, 11) is 0. The summed E-state index contributed by atoms with van der Waals surface area (Å²) in [5, 5.41) is 4.04. The van der Waals surface area contributed by atoms with Crippen molar-refractivity contribution in [3.8, 4) is 11.5 Å². The molecule has 0 amide bonds. The average Bonchev–Trinajstić information content (AvgIpc) is 3.26. The number of hydrogen-bond donors (Lipinski definition) is 0. The topological polar surface area (TPSA) is 57.1 Å². The van der Waals surface area contributed by atoms with Crippen LogP contribution in [0.5, 0.6) is 11.5 Å². The fourth-order valence-corrected chi connectivity index (χ4v) is 3.32. The first-order valence-electron chi connectivity index (χ1n) is 10.4. The molecule has 166 valence electrons. The quantitative estimate of drug-likeness (QED) is 0.295. The predicted molar refractivity (Wildman–Crippen MR) is 117 cm³/mol. The van der Waals surface area contributed by atoms with E-state index in [1.54, 1.807) is 30.5 Å². The summed E-state index contributed by atoms with van der Waals surface area (Å²) in [6.45, 7) is 10.7. The van der Waals surface area contributed by atoms with Gasteiger partial charge in [-0.25, -0.2) is 4.39 Å². The molecular weight excluding hydrogens is 397 g/mol. The molecule has 2 aromatic rings. The number of benzene rings is 2. The van der Waals surface area contributed by atoms with Gasteiger partial charge in [-0.15, -0.1) is 0 Å². The second-order valence-electron chi connectivity index (χ2n) is 9.70. The molecular formula is C25H30FNO4. The Morgan fingerprint density at radius 3 is 2.55 bits per heavy atom. The minimum absolute atomic E-state index is 0.0208. The first kappa shape index (κ1) is 22.8. The Labute approximate surface area is 183 Å². The van der Waals surface area contributed by atoms with Crippen LogP contribution >= 0.6 is 0 Å². The molecule has 2 atom stereocenters. The van der Waals surface area contributed by atoms with E-state index < -0.39 is 5.82 Å². The Kier molecular flexibility index (Phi) is 6.68. The minimum atomic E-state index is -0.478. The van der Waals surface area contributed by atoms with Crippen molar-refractivity contribution in [2.24, 2.45) is 27.8 Å². The van der Waals surface area contributed by atoms with Crippen molar-refractivity contribution in [2.75, 3.05) is 6.61 Å². The van der Waals surface area contributed by atoms with Crippen molar-refractivity contribution < 1.29 is 23.5 Å². The van der Waals surface area contributed by atoms with Crippen molar-refractivity contribution in [1.82, 2.24) is 0 Å². The number of para-hydroxylation sites is 1. The van der Waals surface area contributed by atoms with Gasteiger partial charge in [0.05, 0.1) is 5.92 Å². The van der Waals surface area contributed by atoms with E-state index in [4.69, 9.17) is 14.3 Å². The van der Waals surface area contributed by atoms with Crippen LogP contribution in [0.1, 0.15) is 40.2 Å². The molecule has 1 fully saturated rings. The van der Waals surface area contributed by atoms with Gasteiger partial charge in [0, 0.05) is 12.1 Å². The van der Waals surface area contributed by atoms with Gasteiger partial charge >= 0.3 is 5.97 Å². The smallest absolute Gasteiger partial charge is 0.310 e. The zero-order valence-corrected chi connectivity index (χ0v) is 18.7. The standard InChI is InChI=1S/C25H30FNO4/c1-24(2,3)16-30-27-14-19-22(25(19,4)5)23(28)29-15-17-11-12-20(26)21(13-17)31-18-9-7-6-8-10-18/h6-14,19,22H,15-16H2,1-5H3/t19-,22-/m0/s1. The molecule has 0 bridgehead atoms. The Balaban J connectivity index is 1.55. The molecule has 3 rings (SSSR count). The van der Waals surface area contributed by atoms with E-state index in [9.17, 15) is 9.18 Å². The number of oxime groups is 1. The molecule has 31 heavy (non-hydrogen) atoms. The van der Waals surface area contributed by atoms with Gasteiger partial charge in [0.2, 0.25) is 0 Å². The van der Waals surface area contributed by atoms with Gasteiger partial charge in [-0.2, -0.15) is 0 Å². The molecule has 1 saturated carbocycles. The highest BCUT2D eigenvalue weighted by Crippen LogP contribution is 2.57. The summed E-state index contributed by atoms with van der Waals surface area (Å²) < 4.78 is 25.2. The molecule has 0 N–H and O–H groups in total. The van der Waals surface area contributed by atoms with Crippen LogP contribution in [-0.2, 0) is 21.0 Å². The molecule has 6 heteroatoms. The lowest BCUT2D eigenvalue weighted by Gasteiger charge is -2.15. The molecule has 1 aliphatic rings. The summed E-state index contributed by atoms with van der Waals surface area (Å²) in [6, 6.07) is 13.4. The predicted octanol–water partition coefficient (Wildman–Crippen LogP) is 5.98. The highest BCUT2D eigenvalue weighted by molar-refractivity contribution is 5.85. The molecule has 5 nitrogen and oxygen atoms in total. The van der Waals surface area contributed by atoms with Gasteiger partial charge in [-0.05, 0) is 40.7 Å². The molecule has 0 heterocycles. The van der Waals surface area contributed by atoms with Gasteiger partial charge in [0.1, 0.15) is 19.0 Å². The average molecular weight is 428 g/mol. The van der Waals surface area contributed by atoms with Crippen molar-refractivity contribution in [2.45, 2.75) is 41.2 Å². The number of carbonyl (C=O) groups excluding carboxylic acids is 1. The molecule has 1 aliphatic carbocycles. The Hall–Kier alpha value is -2.89. The number of hydrogen-bond acceptors (Lipinski definition) is 5. The van der Waals surface area contributed by atoms with Crippen LogP contribution < -0.4 is 4.74 Å². The largest absolute Gasteiger partial charge is 0.461 e. The molecule has 2 aromatic carbocycles. The first-order valence-corrected chi connectivity index (χ1v) is 10.4. The van der Waals surface area contributed by atoms with Gasteiger partial charge in [-0.1, -0.05) is 64.0 Å². The van der Waals surface area contributed by atoms with E-state index in [-0.39, 0.29) is 41.0 Å². The normalized spacial score (nSPS) is 19.8. The summed E-state index contributed by atoms with van der Waals surface area (Å²) in [5.74, 6) is -0.473. The van der Waals surface area contributed by atoms with Gasteiger partial charge in [0.25, 0.3) is 0 Å². The first-order chi connectivity index (χ1) is 14.6. The van der Waals surface area contributed by atoms with Gasteiger partial charge in [0.15, 0.2) is 11.6 Å². The summed E-state index contributed by atoms with van der Waals surface area (Å²) >= 11 is 0. The zero-order valence-electron chi connectivity index (χ0n) is 18.7. The van der Waals surface area contributed by atoms with E-state index >= 15 is 0 Å². The van der Waals surface area contributed by atoms with Crippen molar-refractivity contribution in [3.63, 3.8) is 0 Å². The number of rotatable bonds is 8. The molecule has 0 unspecified atom stereocenters. The number of halogens is 1. The number of carbonyl (C=O) groups is 1. The van der Waals surface area contributed by atoms with Crippen molar-refractivity contribution >= 4 is 12.2 Å². The maximum Gasteiger partial charge on any atom is 0.310 e. The molecule has 0 radical (unpaired) electrons. The second-order valence-corrected chi connectivity index (χ2v) is 9.70. The van der Waals surface area contributed by atoms with E-state index in [2.05, 4.69) is 25.9 Å². The lowest BCUT2D eigenvalue weighted by Crippen LogP contribution is -2.12. The van der Waals surface area contributed by atoms with Crippen LogP contribution in [0.15, 0.2) is 53.7 Å².